The molecule has 0 radical (unpaired) electrons. The highest BCUT2D eigenvalue weighted by atomic mass is 16.5. The van der Waals surface area contributed by atoms with Gasteiger partial charge >= 0.3 is 5.97 Å². The van der Waals surface area contributed by atoms with Gasteiger partial charge in [0.25, 0.3) is 0 Å². The maximum Gasteiger partial charge on any atom is 0.321 e. The molecule has 1 heterocycles. The van der Waals surface area contributed by atoms with Crippen molar-refractivity contribution in [3.63, 3.8) is 0 Å². The van der Waals surface area contributed by atoms with Crippen molar-refractivity contribution in [3.05, 3.63) is 0 Å². The fourth-order valence-corrected chi connectivity index (χ4v) is 2.84. The monoisotopic (exact) mass is 241 g/mol. The molecule has 0 spiro atoms. The molecule has 0 bridgehead atoms. The Kier molecular flexibility index (Phi) is 3.79. The topological polar surface area (TPSA) is 64.6 Å². The molecule has 0 aromatic heterocycles. The smallest absolute Gasteiger partial charge is 0.321 e. The predicted octanol–water partition coefficient (Wildman–Crippen LogP) is 0.277. The van der Waals surface area contributed by atoms with Gasteiger partial charge in [0.15, 0.2) is 5.78 Å². The van der Waals surface area contributed by atoms with Crippen LogP contribution < -0.4 is 5.32 Å². The van der Waals surface area contributed by atoms with Gasteiger partial charge < -0.3 is 14.8 Å². The summed E-state index contributed by atoms with van der Waals surface area (Å²) in [6, 6.07) is -0.239. The van der Waals surface area contributed by atoms with Gasteiger partial charge in [-0.3, -0.25) is 9.59 Å². The number of rotatable bonds is 2. The van der Waals surface area contributed by atoms with Gasteiger partial charge in [-0.15, -0.1) is 0 Å². The van der Waals surface area contributed by atoms with Crippen molar-refractivity contribution < 1.29 is 19.1 Å². The van der Waals surface area contributed by atoms with Gasteiger partial charge in [-0.25, -0.2) is 0 Å². The lowest BCUT2D eigenvalue weighted by Crippen LogP contribution is -2.60. The van der Waals surface area contributed by atoms with E-state index in [-0.39, 0.29) is 11.8 Å². The Labute approximate surface area is 101 Å². The van der Waals surface area contributed by atoms with E-state index < -0.39 is 11.4 Å². The summed E-state index contributed by atoms with van der Waals surface area (Å²) in [6.07, 6.45) is 2.79. The summed E-state index contributed by atoms with van der Waals surface area (Å²) >= 11 is 0. The molecule has 1 saturated carbocycles. The average Bonchev–Trinajstić information content (AvgIpc) is 2.39. The first-order chi connectivity index (χ1) is 8.21. The molecule has 1 aliphatic carbocycles. The van der Waals surface area contributed by atoms with E-state index in [0.717, 1.165) is 12.8 Å². The largest absolute Gasteiger partial charge is 0.468 e. The summed E-state index contributed by atoms with van der Waals surface area (Å²) < 4.78 is 10.2. The lowest BCUT2D eigenvalue weighted by atomic mass is 9.68. The molecule has 0 amide bonds. The van der Waals surface area contributed by atoms with E-state index >= 15 is 0 Å². The Morgan fingerprint density at radius 1 is 1.53 bits per heavy atom. The number of hydrogen-bond donors (Lipinski definition) is 1. The molecular formula is C12H19NO4. The Hall–Kier alpha value is -0.940. The second-order valence-electron chi connectivity index (χ2n) is 4.67. The molecule has 0 aromatic rings. The van der Waals surface area contributed by atoms with E-state index in [9.17, 15) is 9.59 Å². The minimum atomic E-state index is -1.02. The van der Waals surface area contributed by atoms with Crippen LogP contribution in [0, 0.1) is 5.41 Å². The summed E-state index contributed by atoms with van der Waals surface area (Å²) in [5, 5.41) is 3.23. The van der Waals surface area contributed by atoms with Crippen LogP contribution in [0.3, 0.4) is 0 Å². The minimum Gasteiger partial charge on any atom is -0.468 e. The number of esters is 1. The van der Waals surface area contributed by atoms with E-state index in [1.807, 2.05) is 0 Å². The van der Waals surface area contributed by atoms with E-state index in [2.05, 4.69) is 5.32 Å². The van der Waals surface area contributed by atoms with Gasteiger partial charge in [0.2, 0.25) is 0 Å². The number of carbonyl (C=O) groups is 2. The van der Waals surface area contributed by atoms with Crippen molar-refractivity contribution in [2.45, 2.75) is 31.7 Å². The molecular weight excluding hydrogens is 222 g/mol. The molecule has 2 atom stereocenters. The van der Waals surface area contributed by atoms with Gasteiger partial charge in [0.05, 0.1) is 26.4 Å². The van der Waals surface area contributed by atoms with Crippen molar-refractivity contribution in [3.8, 4) is 0 Å². The molecule has 96 valence electrons. The highest BCUT2D eigenvalue weighted by Crippen LogP contribution is 2.38. The van der Waals surface area contributed by atoms with Gasteiger partial charge in [-0.05, 0) is 12.8 Å². The van der Waals surface area contributed by atoms with Gasteiger partial charge in [0, 0.05) is 13.0 Å². The van der Waals surface area contributed by atoms with Crippen molar-refractivity contribution in [2.24, 2.45) is 5.41 Å². The van der Waals surface area contributed by atoms with Crippen LogP contribution in [0.4, 0.5) is 0 Å². The lowest BCUT2D eigenvalue weighted by Gasteiger charge is -2.41. The van der Waals surface area contributed by atoms with Crippen molar-refractivity contribution in [1.29, 1.82) is 0 Å². The third kappa shape index (κ3) is 2.09. The standard InChI is InChI=1S/C12H19NO4/c1-16-11(15)12(5-3-2-4-10(12)14)9-8-17-7-6-13-9/h9,13H,2-8H2,1H3. The van der Waals surface area contributed by atoms with Crippen molar-refractivity contribution in [1.82, 2.24) is 5.32 Å². The third-order valence-corrected chi connectivity index (χ3v) is 3.79. The number of nitrogens with one attached hydrogen (secondary N) is 1. The van der Waals surface area contributed by atoms with Crippen LogP contribution in [0.5, 0.6) is 0 Å². The summed E-state index contributed by atoms with van der Waals surface area (Å²) in [7, 11) is 1.34. The van der Waals surface area contributed by atoms with E-state index in [4.69, 9.17) is 9.47 Å². The molecule has 0 aromatic carbocycles. The second kappa shape index (κ2) is 5.14. The van der Waals surface area contributed by atoms with Crippen molar-refractivity contribution >= 4 is 11.8 Å². The van der Waals surface area contributed by atoms with Crippen LogP contribution >= 0.6 is 0 Å². The quantitative estimate of drug-likeness (QED) is 0.555. The third-order valence-electron chi connectivity index (χ3n) is 3.79. The first-order valence-electron chi connectivity index (χ1n) is 6.14. The Bertz CT molecular complexity index is 302. The zero-order valence-corrected chi connectivity index (χ0v) is 10.2. The molecule has 2 fully saturated rings. The molecule has 17 heavy (non-hydrogen) atoms. The molecule has 1 N–H and O–H groups in total. The minimum absolute atomic E-state index is 0.00130. The Morgan fingerprint density at radius 3 is 2.94 bits per heavy atom. The fourth-order valence-electron chi connectivity index (χ4n) is 2.84. The molecule has 1 aliphatic heterocycles. The molecule has 5 nitrogen and oxygen atoms in total. The zero-order chi connectivity index (χ0) is 12.3. The highest BCUT2D eigenvalue weighted by Gasteiger charge is 2.53. The summed E-state index contributed by atoms with van der Waals surface area (Å²) in [4.78, 5) is 24.3. The van der Waals surface area contributed by atoms with Gasteiger partial charge in [0.1, 0.15) is 5.41 Å². The molecule has 2 unspecified atom stereocenters. The number of Topliss-reactive ketones (excluding diaryl/α,β-unsaturated/α-hetero) is 1. The maximum atomic E-state index is 12.2. The lowest BCUT2D eigenvalue weighted by molar-refractivity contribution is -0.165. The number of carbonyl (C=O) groups excluding carboxylic acids is 2. The molecule has 5 heteroatoms. The van der Waals surface area contributed by atoms with Gasteiger partial charge in [-0.1, -0.05) is 6.42 Å². The Morgan fingerprint density at radius 2 is 2.35 bits per heavy atom. The molecule has 1 saturated heterocycles. The number of morpholine rings is 1. The van der Waals surface area contributed by atoms with Crippen LogP contribution in [0.25, 0.3) is 0 Å². The van der Waals surface area contributed by atoms with Gasteiger partial charge in [-0.2, -0.15) is 0 Å². The average molecular weight is 241 g/mol. The number of ketones is 1. The van der Waals surface area contributed by atoms with Crippen LogP contribution in [-0.4, -0.2) is 44.7 Å². The summed E-state index contributed by atoms with van der Waals surface area (Å²) in [5.74, 6) is -0.413. The van der Waals surface area contributed by atoms with E-state index in [0.29, 0.717) is 32.6 Å². The predicted molar refractivity (Wildman–Crippen MR) is 60.5 cm³/mol. The van der Waals surface area contributed by atoms with Crippen LogP contribution in [0.1, 0.15) is 25.7 Å². The molecule has 2 aliphatic rings. The molecule has 2 rings (SSSR count). The van der Waals surface area contributed by atoms with E-state index in [1.165, 1.54) is 7.11 Å². The fraction of sp³-hybridized carbons (Fsp3) is 0.833. The number of hydrogen-bond acceptors (Lipinski definition) is 5. The normalized spacial score (nSPS) is 34.4. The SMILES string of the molecule is COC(=O)C1(C2COCCN2)CCCCC1=O. The second-order valence-corrected chi connectivity index (χ2v) is 4.67. The number of ether oxygens (including phenoxy) is 2. The highest BCUT2D eigenvalue weighted by molar-refractivity contribution is 6.05. The zero-order valence-electron chi connectivity index (χ0n) is 10.2. The summed E-state index contributed by atoms with van der Waals surface area (Å²) in [6.45, 7) is 1.71. The van der Waals surface area contributed by atoms with E-state index in [1.54, 1.807) is 0 Å². The van der Waals surface area contributed by atoms with Crippen LogP contribution in [0.2, 0.25) is 0 Å². The Balaban J connectivity index is 2.27. The van der Waals surface area contributed by atoms with Crippen molar-refractivity contribution in [2.75, 3.05) is 26.9 Å². The number of methoxy groups -OCH3 is 1. The first-order valence-corrected chi connectivity index (χ1v) is 6.14. The first kappa shape index (κ1) is 12.5. The summed E-state index contributed by atoms with van der Waals surface area (Å²) in [5.41, 5.74) is -1.02. The maximum absolute atomic E-state index is 12.2. The van der Waals surface area contributed by atoms with Crippen LogP contribution in [0.15, 0.2) is 0 Å². The van der Waals surface area contributed by atoms with Crippen LogP contribution in [-0.2, 0) is 19.1 Å².